The first-order chi connectivity index (χ1) is 5.24. The van der Waals surface area contributed by atoms with Crippen LogP contribution in [0.25, 0.3) is 0 Å². The van der Waals surface area contributed by atoms with Gasteiger partial charge in [0.05, 0.1) is 18.5 Å². The molecular weight excluding hydrogens is 155 g/mol. The Balaban J connectivity index is 3.84. The second-order valence-electron chi connectivity index (χ2n) is 2.91. The molecule has 0 spiro atoms. The highest BCUT2D eigenvalue weighted by Gasteiger charge is 2.30. The van der Waals surface area contributed by atoms with Crippen LogP contribution in [0.3, 0.4) is 0 Å². The maximum absolute atomic E-state index is 5.52. The molecule has 0 aliphatic carbocycles. The molecule has 68 valence electrons. The van der Waals surface area contributed by atoms with Crippen molar-refractivity contribution in [3.8, 4) is 0 Å². The Morgan fingerprint density at radius 1 is 0.909 bits per heavy atom. The lowest BCUT2D eigenvalue weighted by Crippen LogP contribution is -2.09. The Morgan fingerprint density at radius 2 is 1.36 bits per heavy atom. The minimum absolute atomic E-state index is 0.678. The van der Waals surface area contributed by atoms with Crippen LogP contribution in [0.2, 0.25) is 0 Å². The third-order valence-corrected chi connectivity index (χ3v) is 7.34. The molecule has 0 fully saturated rings. The average molecular weight is 177 g/mol. The first kappa shape index (κ1) is 11.4. The summed E-state index contributed by atoms with van der Waals surface area (Å²) < 4.78 is 5.52. The lowest BCUT2D eigenvalue weighted by molar-refractivity contribution is 0.194. The van der Waals surface area contributed by atoms with Crippen molar-refractivity contribution in [2.75, 3.05) is 31.4 Å². The van der Waals surface area contributed by atoms with Gasteiger partial charge in [-0.15, -0.1) is 0 Å². The summed E-state index contributed by atoms with van der Waals surface area (Å²) >= 11 is 0. The summed E-state index contributed by atoms with van der Waals surface area (Å²) in [7, 11) is -0.678. The zero-order valence-electron chi connectivity index (χ0n) is 8.39. The van der Waals surface area contributed by atoms with Crippen LogP contribution >= 0.6 is 7.26 Å². The maximum atomic E-state index is 5.52. The molecule has 0 unspecified atom stereocenters. The van der Waals surface area contributed by atoms with Gasteiger partial charge in [-0.1, -0.05) is 0 Å². The molecule has 0 aromatic heterocycles. The Hall–Kier alpha value is 0.390. The van der Waals surface area contributed by atoms with Gasteiger partial charge in [-0.25, -0.2) is 0 Å². The van der Waals surface area contributed by atoms with Crippen LogP contribution in [0.1, 0.15) is 27.7 Å². The Bertz CT molecular complexity index is 81.3. The molecule has 0 rings (SSSR count). The zero-order valence-corrected chi connectivity index (χ0v) is 9.29. The molecule has 0 aliphatic rings. The molecule has 2 heteroatoms. The van der Waals surface area contributed by atoms with Gasteiger partial charge in [0.2, 0.25) is 0 Å². The van der Waals surface area contributed by atoms with E-state index in [-0.39, 0.29) is 0 Å². The van der Waals surface area contributed by atoms with Gasteiger partial charge in [-0.2, -0.15) is 0 Å². The van der Waals surface area contributed by atoms with Crippen LogP contribution in [0, 0.1) is 0 Å². The van der Waals surface area contributed by atoms with E-state index in [4.69, 9.17) is 4.74 Å². The van der Waals surface area contributed by atoms with E-state index in [1.54, 1.807) is 0 Å². The van der Waals surface area contributed by atoms with E-state index in [1.807, 2.05) is 0 Å². The number of hydrogen-bond acceptors (Lipinski definition) is 1. The van der Waals surface area contributed by atoms with Crippen LogP contribution in [-0.4, -0.2) is 31.4 Å². The van der Waals surface area contributed by atoms with E-state index in [1.165, 1.54) is 18.5 Å². The molecule has 0 saturated carbocycles. The molecule has 0 saturated heterocycles. The van der Waals surface area contributed by atoms with Crippen molar-refractivity contribution in [3.05, 3.63) is 0 Å². The molecule has 0 heterocycles. The van der Waals surface area contributed by atoms with E-state index in [2.05, 4.69) is 27.7 Å². The second kappa shape index (κ2) is 5.97. The fourth-order valence-electron chi connectivity index (χ4n) is 1.23. The van der Waals surface area contributed by atoms with E-state index in [9.17, 15) is 0 Å². The summed E-state index contributed by atoms with van der Waals surface area (Å²) in [6.45, 7) is 9.87. The van der Waals surface area contributed by atoms with Gasteiger partial charge in [0.25, 0.3) is 0 Å². The first-order valence-corrected chi connectivity index (χ1v) is 7.20. The smallest absolute Gasteiger partial charge is 0.156 e. The summed E-state index contributed by atoms with van der Waals surface area (Å²) in [5.74, 6) is 0. The molecule has 11 heavy (non-hydrogen) atoms. The van der Waals surface area contributed by atoms with Crippen LogP contribution in [-0.2, 0) is 4.74 Å². The third kappa shape index (κ3) is 3.53. The fourth-order valence-corrected chi connectivity index (χ4v) is 3.69. The molecule has 0 amide bonds. The molecule has 0 aromatic rings. The van der Waals surface area contributed by atoms with Crippen molar-refractivity contribution < 1.29 is 4.74 Å². The molecule has 0 aromatic carbocycles. The predicted molar refractivity (Wildman–Crippen MR) is 55.0 cm³/mol. The molecule has 0 radical (unpaired) electrons. The second-order valence-corrected chi connectivity index (χ2v) is 7.75. The Labute approximate surface area is 71.9 Å². The van der Waals surface area contributed by atoms with E-state index < -0.39 is 7.26 Å². The topological polar surface area (TPSA) is 9.23 Å². The van der Waals surface area contributed by atoms with Crippen molar-refractivity contribution in [3.63, 3.8) is 0 Å². The number of rotatable bonds is 6. The normalized spacial score (nSPS) is 12.0. The summed E-state index contributed by atoms with van der Waals surface area (Å²) in [6, 6.07) is 0. The van der Waals surface area contributed by atoms with Gasteiger partial charge in [0.1, 0.15) is 0 Å². The van der Waals surface area contributed by atoms with Crippen LogP contribution in [0.5, 0.6) is 0 Å². The summed E-state index contributed by atoms with van der Waals surface area (Å²) in [5, 5.41) is 0. The average Bonchev–Trinajstić information content (AvgIpc) is 2.08. The van der Waals surface area contributed by atoms with Crippen LogP contribution in [0.4, 0.5) is 0 Å². The van der Waals surface area contributed by atoms with Crippen molar-refractivity contribution in [2.24, 2.45) is 0 Å². The standard InChI is InChI=1S/C9H22OP/c1-5-10-9-11(6-2,7-3)8-4/h5-9H2,1-4H3/q+1. The molecule has 0 aliphatic heterocycles. The van der Waals surface area contributed by atoms with Crippen molar-refractivity contribution in [2.45, 2.75) is 27.7 Å². The van der Waals surface area contributed by atoms with Gasteiger partial charge < -0.3 is 4.74 Å². The van der Waals surface area contributed by atoms with Gasteiger partial charge >= 0.3 is 0 Å². The molecule has 1 nitrogen and oxygen atoms in total. The van der Waals surface area contributed by atoms with E-state index in [0.717, 1.165) is 13.0 Å². The maximum Gasteiger partial charge on any atom is 0.156 e. The van der Waals surface area contributed by atoms with Crippen molar-refractivity contribution in [1.82, 2.24) is 0 Å². The fraction of sp³-hybridized carbons (Fsp3) is 1.00. The summed E-state index contributed by atoms with van der Waals surface area (Å²) in [4.78, 5) is 0. The predicted octanol–water partition coefficient (Wildman–Crippen LogP) is 3.06. The third-order valence-electron chi connectivity index (χ3n) is 2.58. The monoisotopic (exact) mass is 177 g/mol. The highest BCUT2D eigenvalue weighted by atomic mass is 31.2. The molecular formula is C9H22OP+. The highest BCUT2D eigenvalue weighted by molar-refractivity contribution is 7.75. The van der Waals surface area contributed by atoms with Gasteiger partial charge in [-0.05, 0) is 27.7 Å². The van der Waals surface area contributed by atoms with E-state index >= 15 is 0 Å². The molecule has 0 bridgehead atoms. The van der Waals surface area contributed by atoms with Gasteiger partial charge in [-0.3, -0.25) is 0 Å². The van der Waals surface area contributed by atoms with Gasteiger partial charge in [0, 0.05) is 13.9 Å². The summed E-state index contributed by atoms with van der Waals surface area (Å²) in [5.41, 5.74) is 0. The van der Waals surface area contributed by atoms with Crippen LogP contribution < -0.4 is 0 Å². The van der Waals surface area contributed by atoms with Gasteiger partial charge in [0.15, 0.2) is 6.35 Å². The largest absolute Gasteiger partial charge is 0.347 e. The number of hydrogen-bond donors (Lipinski definition) is 0. The zero-order chi connectivity index (χ0) is 8.74. The highest BCUT2D eigenvalue weighted by Crippen LogP contribution is 2.57. The van der Waals surface area contributed by atoms with Crippen molar-refractivity contribution >= 4 is 7.26 Å². The lowest BCUT2D eigenvalue weighted by Gasteiger charge is -2.22. The van der Waals surface area contributed by atoms with E-state index in [0.29, 0.717) is 0 Å². The Morgan fingerprint density at radius 3 is 1.64 bits per heavy atom. The van der Waals surface area contributed by atoms with Crippen molar-refractivity contribution in [1.29, 1.82) is 0 Å². The lowest BCUT2D eigenvalue weighted by atomic mass is 10.9. The SMILES string of the molecule is CCOC[P+](CC)(CC)CC. The first-order valence-electron chi connectivity index (χ1n) is 4.67. The quantitative estimate of drug-likeness (QED) is 0.566. The minimum atomic E-state index is -0.678. The molecule has 0 N–H and O–H groups in total. The number of ether oxygens (including phenoxy) is 1. The Kier molecular flexibility index (Phi) is 6.18. The molecule has 0 atom stereocenters. The summed E-state index contributed by atoms with van der Waals surface area (Å²) in [6.07, 6.45) is 5.09. The van der Waals surface area contributed by atoms with Crippen LogP contribution in [0.15, 0.2) is 0 Å². The minimum Gasteiger partial charge on any atom is -0.347 e.